The molecule has 3 heteroatoms. The zero-order valence-corrected chi connectivity index (χ0v) is 10.2. The number of fused-ring (bicyclic) bond motifs is 3. The molecule has 18 heavy (non-hydrogen) atoms. The average Bonchev–Trinajstić information content (AvgIpc) is 2.45. The lowest BCUT2D eigenvalue weighted by Crippen LogP contribution is -1.99. The van der Waals surface area contributed by atoms with E-state index < -0.39 is 6.10 Å². The van der Waals surface area contributed by atoms with E-state index in [4.69, 9.17) is 0 Å². The molecule has 0 aliphatic carbocycles. The molecule has 90 valence electrons. The smallest absolute Gasteiger partial charge is 0.0969 e. The van der Waals surface area contributed by atoms with Gasteiger partial charge in [0.15, 0.2) is 0 Å². The van der Waals surface area contributed by atoms with Gasteiger partial charge in [-0.15, -0.1) is 0 Å². The Balaban J connectivity index is 2.33. The van der Waals surface area contributed by atoms with E-state index in [2.05, 4.69) is 9.97 Å². The Kier molecular flexibility index (Phi) is 2.68. The molecule has 0 fully saturated rings. The Hall–Kier alpha value is -2.00. The molecule has 3 nitrogen and oxygen atoms in total. The number of benzene rings is 1. The summed E-state index contributed by atoms with van der Waals surface area (Å²) in [4.78, 5) is 8.95. The van der Waals surface area contributed by atoms with Crippen LogP contribution < -0.4 is 0 Å². The van der Waals surface area contributed by atoms with E-state index in [-0.39, 0.29) is 0 Å². The maximum atomic E-state index is 9.88. The molecular formula is C15H14N2O. The van der Waals surface area contributed by atoms with Crippen molar-refractivity contribution in [2.24, 2.45) is 0 Å². The maximum absolute atomic E-state index is 9.88. The quantitative estimate of drug-likeness (QED) is 0.697. The zero-order chi connectivity index (χ0) is 12.5. The fourth-order valence-electron chi connectivity index (χ4n) is 2.13. The first-order valence-corrected chi connectivity index (χ1v) is 6.12. The van der Waals surface area contributed by atoms with E-state index in [0.717, 1.165) is 21.8 Å². The Morgan fingerprint density at radius 3 is 2.56 bits per heavy atom. The summed E-state index contributed by atoms with van der Waals surface area (Å²) < 4.78 is 0. The molecule has 0 saturated heterocycles. The van der Waals surface area contributed by atoms with Crippen LogP contribution in [-0.4, -0.2) is 15.1 Å². The van der Waals surface area contributed by atoms with Gasteiger partial charge < -0.3 is 5.11 Å². The number of aliphatic hydroxyl groups is 1. The fourth-order valence-corrected chi connectivity index (χ4v) is 2.13. The molecule has 0 bridgehead atoms. The van der Waals surface area contributed by atoms with Crippen LogP contribution in [0.2, 0.25) is 0 Å². The number of nitrogens with zero attached hydrogens (tertiary/aromatic N) is 2. The molecule has 0 spiro atoms. The van der Waals surface area contributed by atoms with Gasteiger partial charge in [-0.3, -0.25) is 4.98 Å². The molecule has 1 unspecified atom stereocenters. The van der Waals surface area contributed by atoms with Crippen molar-refractivity contribution in [1.29, 1.82) is 0 Å². The molecule has 1 N–H and O–H groups in total. The topological polar surface area (TPSA) is 46.0 Å². The van der Waals surface area contributed by atoms with Crippen LogP contribution in [-0.2, 0) is 0 Å². The van der Waals surface area contributed by atoms with Gasteiger partial charge in [-0.05, 0) is 18.6 Å². The predicted octanol–water partition coefficient (Wildman–Crippen LogP) is 3.23. The number of hydrogen-bond acceptors (Lipinski definition) is 3. The van der Waals surface area contributed by atoms with Crippen molar-refractivity contribution in [3.8, 4) is 0 Å². The summed E-state index contributed by atoms with van der Waals surface area (Å²) >= 11 is 0. The average molecular weight is 238 g/mol. The largest absolute Gasteiger partial charge is 0.387 e. The van der Waals surface area contributed by atoms with Crippen molar-refractivity contribution in [3.63, 3.8) is 0 Å². The van der Waals surface area contributed by atoms with Crippen molar-refractivity contribution in [1.82, 2.24) is 9.97 Å². The lowest BCUT2D eigenvalue weighted by Gasteiger charge is -2.09. The maximum Gasteiger partial charge on any atom is 0.0969 e. The van der Waals surface area contributed by atoms with Crippen molar-refractivity contribution in [3.05, 3.63) is 48.3 Å². The predicted molar refractivity (Wildman–Crippen MR) is 72.3 cm³/mol. The van der Waals surface area contributed by atoms with Gasteiger partial charge in [0.25, 0.3) is 0 Å². The number of pyridine rings is 2. The van der Waals surface area contributed by atoms with Crippen molar-refractivity contribution in [2.45, 2.75) is 19.4 Å². The highest BCUT2D eigenvalue weighted by molar-refractivity contribution is 6.02. The van der Waals surface area contributed by atoms with Crippen molar-refractivity contribution >= 4 is 21.8 Å². The van der Waals surface area contributed by atoms with E-state index in [1.807, 2.05) is 43.3 Å². The van der Waals surface area contributed by atoms with E-state index in [9.17, 15) is 5.11 Å². The van der Waals surface area contributed by atoms with Crippen molar-refractivity contribution < 1.29 is 5.11 Å². The Morgan fingerprint density at radius 1 is 1.06 bits per heavy atom. The minimum absolute atomic E-state index is 0.506. The van der Waals surface area contributed by atoms with Gasteiger partial charge in [-0.25, -0.2) is 4.98 Å². The highest BCUT2D eigenvalue weighted by atomic mass is 16.3. The summed E-state index contributed by atoms with van der Waals surface area (Å²) in [5.74, 6) is 0. The van der Waals surface area contributed by atoms with Gasteiger partial charge in [-0.1, -0.05) is 31.2 Å². The Labute approximate surface area is 105 Å². The SMILES string of the molecule is CCC(O)c1ccc2ccc3cccnc3c2n1. The number of aromatic nitrogens is 2. The van der Waals surface area contributed by atoms with E-state index in [0.29, 0.717) is 12.1 Å². The van der Waals surface area contributed by atoms with Crippen LogP contribution in [0.15, 0.2) is 42.6 Å². The molecule has 2 aromatic heterocycles. The molecule has 2 heterocycles. The van der Waals surface area contributed by atoms with Gasteiger partial charge in [-0.2, -0.15) is 0 Å². The highest BCUT2D eigenvalue weighted by Gasteiger charge is 2.09. The monoisotopic (exact) mass is 238 g/mol. The Bertz CT molecular complexity index is 709. The third kappa shape index (κ3) is 1.73. The summed E-state index contributed by atoms with van der Waals surface area (Å²) in [5, 5.41) is 12.0. The third-order valence-electron chi connectivity index (χ3n) is 3.18. The fraction of sp³-hybridized carbons (Fsp3) is 0.200. The minimum atomic E-state index is -0.506. The van der Waals surface area contributed by atoms with Gasteiger partial charge in [0, 0.05) is 17.0 Å². The molecule has 0 aliphatic heterocycles. The molecule has 3 aromatic rings. The second-order valence-electron chi connectivity index (χ2n) is 4.37. The molecular weight excluding hydrogens is 224 g/mol. The van der Waals surface area contributed by atoms with Crippen LogP contribution in [0.1, 0.15) is 25.1 Å². The summed E-state index contributed by atoms with van der Waals surface area (Å²) in [6, 6.07) is 11.9. The molecule has 3 rings (SSSR count). The standard InChI is InChI=1S/C15H14N2O/c1-2-13(18)12-8-7-11-6-5-10-4-3-9-16-14(10)15(11)17-12/h3-9,13,18H,2H2,1H3. The summed E-state index contributed by atoms with van der Waals surface area (Å²) in [7, 11) is 0. The molecule has 1 atom stereocenters. The summed E-state index contributed by atoms with van der Waals surface area (Å²) in [5.41, 5.74) is 2.46. The molecule has 0 aliphatic rings. The molecule has 0 amide bonds. The Morgan fingerprint density at radius 2 is 1.78 bits per heavy atom. The summed E-state index contributed by atoms with van der Waals surface area (Å²) in [6.07, 6.45) is 1.93. The van der Waals surface area contributed by atoms with Crippen LogP contribution in [0.3, 0.4) is 0 Å². The molecule has 1 aromatic carbocycles. The van der Waals surface area contributed by atoms with Gasteiger partial charge in [0.2, 0.25) is 0 Å². The van der Waals surface area contributed by atoms with E-state index in [1.165, 1.54) is 0 Å². The zero-order valence-electron chi connectivity index (χ0n) is 10.2. The number of hydrogen-bond donors (Lipinski definition) is 1. The van der Waals surface area contributed by atoms with E-state index >= 15 is 0 Å². The first-order chi connectivity index (χ1) is 8.79. The van der Waals surface area contributed by atoms with E-state index in [1.54, 1.807) is 6.20 Å². The highest BCUT2D eigenvalue weighted by Crippen LogP contribution is 2.24. The van der Waals surface area contributed by atoms with Crippen LogP contribution in [0.4, 0.5) is 0 Å². The molecule has 0 radical (unpaired) electrons. The number of rotatable bonds is 2. The van der Waals surface area contributed by atoms with Gasteiger partial charge >= 0.3 is 0 Å². The second kappa shape index (κ2) is 4.35. The van der Waals surface area contributed by atoms with Gasteiger partial charge in [0.1, 0.15) is 0 Å². The third-order valence-corrected chi connectivity index (χ3v) is 3.18. The number of aliphatic hydroxyl groups excluding tert-OH is 1. The first-order valence-electron chi connectivity index (χ1n) is 6.12. The lowest BCUT2D eigenvalue weighted by atomic mass is 10.1. The second-order valence-corrected chi connectivity index (χ2v) is 4.37. The lowest BCUT2D eigenvalue weighted by molar-refractivity contribution is 0.169. The van der Waals surface area contributed by atoms with Crippen LogP contribution in [0, 0.1) is 0 Å². The van der Waals surface area contributed by atoms with Crippen LogP contribution >= 0.6 is 0 Å². The van der Waals surface area contributed by atoms with Gasteiger partial charge in [0.05, 0.1) is 22.8 Å². The summed E-state index contributed by atoms with van der Waals surface area (Å²) in [6.45, 7) is 1.94. The minimum Gasteiger partial charge on any atom is -0.387 e. The molecule has 0 saturated carbocycles. The normalized spacial score (nSPS) is 13.0. The van der Waals surface area contributed by atoms with Crippen LogP contribution in [0.5, 0.6) is 0 Å². The van der Waals surface area contributed by atoms with Crippen LogP contribution in [0.25, 0.3) is 21.8 Å². The van der Waals surface area contributed by atoms with Crippen molar-refractivity contribution in [2.75, 3.05) is 0 Å². The first kappa shape index (κ1) is 11.1.